The van der Waals surface area contributed by atoms with Gasteiger partial charge >= 0.3 is 5.97 Å². The number of ether oxygens (including phenoxy) is 1. The van der Waals surface area contributed by atoms with E-state index < -0.39 is 5.41 Å². The molecule has 18 heavy (non-hydrogen) atoms. The van der Waals surface area contributed by atoms with Crippen LogP contribution >= 0.6 is 0 Å². The Morgan fingerprint density at radius 1 is 1.22 bits per heavy atom. The first kappa shape index (κ1) is 14.7. The first-order chi connectivity index (χ1) is 8.40. The summed E-state index contributed by atoms with van der Waals surface area (Å²) in [5.74, 6) is -0.113. The number of carbonyl (C=O) groups is 1. The van der Waals surface area contributed by atoms with Crippen molar-refractivity contribution in [3.8, 4) is 0 Å². The van der Waals surface area contributed by atoms with E-state index in [1.54, 1.807) is 0 Å². The molecule has 1 aromatic rings. The molecule has 0 aliphatic heterocycles. The van der Waals surface area contributed by atoms with Crippen LogP contribution in [0.5, 0.6) is 0 Å². The lowest BCUT2D eigenvalue weighted by Gasteiger charge is -2.25. The van der Waals surface area contributed by atoms with Crippen LogP contribution in [0.1, 0.15) is 57.8 Å². The number of carbonyl (C=O) groups excluding carboxylic acids is 1. The van der Waals surface area contributed by atoms with E-state index >= 15 is 0 Å². The summed E-state index contributed by atoms with van der Waals surface area (Å²) in [6.07, 6.45) is 1.45. The predicted octanol–water partition coefficient (Wildman–Crippen LogP) is 4.43. The SMILES string of the molecule is CCC(OC(=O)C(C)(C)CC)c1ccc(C)cc1. The Kier molecular flexibility index (Phi) is 4.94. The molecule has 0 saturated heterocycles. The lowest BCUT2D eigenvalue weighted by atomic mass is 9.90. The number of benzene rings is 1. The molecule has 1 aromatic carbocycles. The second kappa shape index (κ2) is 6.03. The zero-order chi connectivity index (χ0) is 13.8. The molecule has 0 bridgehead atoms. The fourth-order valence-corrected chi connectivity index (χ4v) is 1.60. The maximum absolute atomic E-state index is 12.1. The molecule has 0 spiro atoms. The van der Waals surface area contributed by atoms with Gasteiger partial charge in [-0.3, -0.25) is 4.79 Å². The van der Waals surface area contributed by atoms with Crippen LogP contribution in [0, 0.1) is 12.3 Å². The Morgan fingerprint density at radius 3 is 2.22 bits per heavy atom. The molecule has 0 fully saturated rings. The lowest BCUT2D eigenvalue weighted by Crippen LogP contribution is -2.27. The molecule has 0 aliphatic rings. The Hall–Kier alpha value is -1.31. The van der Waals surface area contributed by atoms with Crippen LogP contribution in [-0.4, -0.2) is 5.97 Å². The number of hydrogen-bond acceptors (Lipinski definition) is 2. The van der Waals surface area contributed by atoms with Crippen molar-refractivity contribution >= 4 is 5.97 Å². The average molecular weight is 248 g/mol. The zero-order valence-electron chi connectivity index (χ0n) is 12.1. The molecule has 100 valence electrons. The van der Waals surface area contributed by atoms with Crippen LogP contribution in [0.15, 0.2) is 24.3 Å². The fourth-order valence-electron chi connectivity index (χ4n) is 1.60. The molecule has 1 rings (SSSR count). The zero-order valence-corrected chi connectivity index (χ0v) is 12.1. The summed E-state index contributed by atoms with van der Waals surface area (Å²) in [5.41, 5.74) is 1.88. The minimum Gasteiger partial charge on any atom is -0.457 e. The summed E-state index contributed by atoms with van der Waals surface area (Å²) in [4.78, 5) is 12.1. The highest BCUT2D eigenvalue weighted by Gasteiger charge is 2.29. The Morgan fingerprint density at radius 2 is 1.78 bits per heavy atom. The van der Waals surface area contributed by atoms with Crippen LogP contribution in [0.4, 0.5) is 0 Å². The quantitative estimate of drug-likeness (QED) is 0.721. The van der Waals surface area contributed by atoms with Crippen molar-refractivity contribution in [3.63, 3.8) is 0 Å². The molecule has 2 heteroatoms. The van der Waals surface area contributed by atoms with E-state index in [0.29, 0.717) is 0 Å². The Labute approximate surface area is 110 Å². The maximum Gasteiger partial charge on any atom is 0.312 e. The molecule has 0 aromatic heterocycles. The highest BCUT2D eigenvalue weighted by atomic mass is 16.5. The Bertz CT molecular complexity index is 390. The summed E-state index contributed by atoms with van der Waals surface area (Å²) in [5, 5.41) is 0. The van der Waals surface area contributed by atoms with E-state index in [0.717, 1.165) is 18.4 Å². The van der Waals surface area contributed by atoms with E-state index in [9.17, 15) is 4.79 Å². The van der Waals surface area contributed by atoms with Crippen molar-refractivity contribution < 1.29 is 9.53 Å². The van der Waals surface area contributed by atoms with Gasteiger partial charge in [0.15, 0.2) is 0 Å². The predicted molar refractivity (Wildman–Crippen MR) is 74.4 cm³/mol. The topological polar surface area (TPSA) is 26.3 Å². The van der Waals surface area contributed by atoms with Crippen molar-refractivity contribution in [3.05, 3.63) is 35.4 Å². The summed E-state index contributed by atoms with van der Waals surface area (Å²) in [6.45, 7) is 9.95. The van der Waals surface area contributed by atoms with Gasteiger partial charge in [-0.15, -0.1) is 0 Å². The first-order valence-electron chi connectivity index (χ1n) is 6.68. The molecule has 1 atom stereocenters. The highest BCUT2D eigenvalue weighted by Crippen LogP contribution is 2.28. The average Bonchev–Trinajstić information content (AvgIpc) is 2.36. The molecule has 0 amide bonds. The molecule has 2 nitrogen and oxygen atoms in total. The van der Waals surface area contributed by atoms with E-state index in [-0.39, 0.29) is 12.1 Å². The number of aryl methyl sites for hydroxylation is 1. The Balaban J connectivity index is 2.80. The second-order valence-corrected chi connectivity index (χ2v) is 5.45. The summed E-state index contributed by atoms with van der Waals surface area (Å²) in [6, 6.07) is 8.18. The third-order valence-corrected chi connectivity index (χ3v) is 3.51. The summed E-state index contributed by atoms with van der Waals surface area (Å²) < 4.78 is 5.64. The smallest absolute Gasteiger partial charge is 0.312 e. The number of esters is 1. The minimum absolute atomic E-state index is 0.113. The molecular weight excluding hydrogens is 224 g/mol. The first-order valence-corrected chi connectivity index (χ1v) is 6.68. The van der Waals surface area contributed by atoms with Gasteiger partial charge in [-0.1, -0.05) is 43.7 Å². The van der Waals surface area contributed by atoms with E-state index in [1.807, 2.05) is 39.8 Å². The standard InChI is InChI=1S/C16H24O2/c1-6-14(13-10-8-12(3)9-11-13)18-15(17)16(4,5)7-2/h8-11,14H,6-7H2,1-5H3. The van der Waals surface area contributed by atoms with Crippen LogP contribution < -0.4 is 0 Å². The van der Waals surface area contributed by atoms with Gasteiger partial charge < -0.3 is 4.74 Å². The molecule has 0 aliphatic carbocycles. The lowest BCUT2D eigenvalue weighted by molar-refractivity contribution is -0.160. The normalized spacial score (nSPS) is 13.2. The molecule has 0 radical (unpaired) electrons. The fraction of sp³-hybridized carbons (Fsp3) is 0.562. The summed E-state index contributed by atoms with van der Waals surface area (Å²) >= 11 is 0. The van der Waals surface area contributed by atoms with Crippen molar-refractivity contribution in [2.24, 2.45) is 5.41 Å². The third kappa shape index (κ3) is 3.59. The van der Waals surface area contributed by atoms with Crippen LogP contribution in [0.25, 0.3) is 0 Å². The van der Waals surface area contributed by atoms with E-state index in [4.69, 9.17) is 4.74 Å². The van der Waals surface area contributed by atoms with Crippen LogP contribution in [0.3, 0.4) is 0 Å². The van der Waals surface area contributed by atoms with Gasteiger partial charge in [0.2, 0.25) is 0 Å². The maximum atomic E-state index is 12.1. The van der Waals surface area contributed by atoms with E-state index in [1.165, 1.54) is 5.56 Å². The number of rotatable bonds is 5. The van der Waals surface area contributed by atoms with Crippen LogP contribution in [-0.2, 0) is 9.53 Å². The third-order valence-electron chi connectivity index (χ3n) is 3.51. The van der Waals surface area contributed by atoms with Gasteiger partial charge in [0.25, 0.3) is 0 Å². The molecule has 0 N–H and O–H groups in total. The number of hydrogen-bond donors (Lipinski definition) is 0. The van der Waals surface area contributed by atoms with Gasteiger partial charge in [-0.2, -0.15) is 0 Å². The van der Waals surface area contributed by atoms with Crippen molar-refractivity contribution in [1.82, 2.24) is 0 Å². The van der Waals surface area contributed by atoms with E-state index in [2.05, 4.69) is 19.1 Å². The summed E-state index contributed by atoms with van der Waals surface area (Å²) in [7, 11) is 0. The molecule has 0 saturated carbocycles. The van der Waals surface area contributed by atoms with Crippen molar-refractivity contribution in [2.75, 3.05) is 0 Å². The van der Waals surface area contributed by atoms with Gasteiger partial charge in [0.1, 0.15) is 6.10 Å². The largest absolute Gasteiger partial charge is 0.457 e. The minimum atomic E-state index is -0.405. The van der Waals surface area contributed by atoms with Crippen molar-refractivity contribution in [1.29, 1.82) is 0 Å². The molecule has 0 heterocycles. The highest BCUT2D eigenvalue weighted by molar-refractivity contribution is 5.76. The monoisotopic (exact) mass is 248 g/mol. The van der Waals surface area contributed by atoms with Gasteiger partial charge in [-0.05, 0) is 39.2 Å². The van der Waals surface area contributed by atoms with Gasteiger partial charge in [-0.25, -0.2) is 0 Å². The van der Waals surface area contributed by atoms with Gasteiger partial charge in [0, 0.05) is 0 Å². The van der Waals surface area contributed by atoms with Crippen molar-refractivity contribution in [2.45, 2.75) is 53.6 Å². The van der Waals surface area contributed by atoms with Gasteiger partial charge in [0.05, 0.1) is 5.41 Å². The van der Waals surface area contributed by atoms with Crippen LogP contribution in [0.2, 0.25) is 0 Å². The molecule has 1 unspecified atom stereocenters. The molecular formula is C16H24O2. The second-order valence-electron chi connectivity index (χ2n) is 5.45.